The molecule has 3 nitrogen and oxygen atoms in total. The maximum Gasteiger partial charge on any atom is 0.189 e. The fourth-order valence-corrected chi connectivity index (χ4v) is 1.39. The van der Waals surface area contributed by atoms with E-state index in [1.54, 1.807) is 0 Å². The fourth-order valence-electron chi connectivity index (χ4n) is 1.39. The Morgan fingerprint density at radius 3 is 2.54 bits per heavy atom. The van der Waals surface area contributed by atoms with Crippen molar-refractivity contribution in [2.75, 3.05) is 0 Å². The largest absolute Gasteiger partial charge is 0.198 e. The molecule has 1 atom stereocenters. The van der Waals surface area contributed by atoms with E-state index in [1.807, 2.05) is 0 Å². The standard InChI is InChI=1S/C9H18BN3/c1-5-7(4)8-9(10-6(2)3)12-13-11-8/h6-7,10H,5H2,1-4H3,(H,11,12,13). The van der Waals surface area contributed by atoms with Gasteiger partial charge >= 0.3 is 0 Å². The molecule has 13 heavy (non-hydrogen) atoms. The zero-order chi connectivity index (χ0) is 9.84. The van der Waals surface area contributed by atoms with Crippen molar-refractivity contribution in [3.63, 3.8) is 0 Å². The quantitative estimate of drug-likeness (QED) is 0.705. The molecule has 1 aromatic rings. The molecule has 0 spiro atoms. The molecule has 72 valence electrons. The molecule has 0 radical (unpaired) electrons. The van der Waals surface area contributed by atoms with Crippen molar-refractivity contribution in [1.29, 1.82) is 0 Å². The topological polar surface area (TPSA) is 41.6 Å². The summed E-state index contributed by atoms with van der Waals surface area (Å²) >= 11 is 0. The van der Waals surface area contributed by atoms with E-state index in [2.05, 4.69) is 43.1 Å². The zero-order valence-electron chi connectivity index (χ0n) is 8.96. The number of hydrogen-bond acceptors (Lipinski definition) is 2. The number of rotatable bonds is 4. The normalized spacial score (nSPS) is 13.3. The first-order valence-electron chi connectivity index (χ1n) is 5.04. The monoisotopic (exact) mass is 179 g/mol. The molecule has 0 aromatic carbocycles. The van der Waals surface area contributed by atoms with E-state index in [4.69, 9.17) is 0 Å². The second-order valence-electron chi connectivity index (χ2n) is 4.06. The van der Waals surface area contributed by atoms with Crippen LogP contribution in [-0.4, -0.2) is 22.7 Å². The van der Waals surface area contributed by atoms with Crippen LogP contribution >= 0.6 is 0 Å². The Labute approximate surface area is 80.6 Å². The molecule has 0 saturated heterocycles. The Morgan fingerprint density at radius 2 is 2.00 bits per heavy atom. The van der Waals surface area contributed by atoms with Crippen LogP contribution in [0.15, 0.2) is 0 Å². The predicted molar refractivity (Wildman–Crippen MR) is 57.0 cm³/mol. The van der Waals surface area contributed by atoms with Gasteiger partial charge in [-0.2, -0.15) is 15.4 Å². The molecule has 0 amide bonds. The van der Waals surface area contributed by atoms with Crippen LogP contribution in [0.4, 0.5) is 0 Å². The lowest BCUT2D eigenvalue weighted by Crippen LogP contribution is -2.23. The van der Waals surface area contributed by atoms with Crippen LogP contribution in [0, 0.1) is 0 Å². The van der Waals surface area contributed by atoms with Crippen LogP contribution < -0.4 is 5.59 Å². The summed E-state index contributed by atoms with van der Waals surface area (Å²) in [5.41, 5.74) is 2.29. The average Bonchev–Trinajstić information content (AvgIpc) is 2.50. The van der Waals surface area contributed by atoms with Crippen molar-refractivity contribution >= 4 is 12.9 Å². The molecular weight excluding hydrogens is 161 g/mol. The zero-order valence-corrected chi connectivity index (χ0v) is 8.96. The summed E-state index contributed by atoms with van der Waals surface area (Å²) in [5, 5.41) is 11.1. The van der Waals surface area contributed by atoms with Crippen molar-refractivity contribution < 1.29 is 0 Å². The molecule has 1 rings (SSSR count). The van der Waals surface area contributed by atoms with Gasteiger partial charge in [0.1, 0.15) is 0 Å². The Bertz CT molecular complexity index is 257. The molecule has 0 saturated carbocycles. The summed E-state index contributed by atoms with van der Waals surface area (Å²) in [6, 6.07) is 0. The van der Waals surface area contributed by atoms with Gasteiger partial charge in [-0.05, 0) is 6.42 Å². The first kappa shape index (κ1) is 10.3. The molecule has 0 aliphatic rings. The summed E-state index contributed by atoms with van der Waals surface area (Å²) in [6.45, 7) is 8.78. The van der Waals surface area contributed by atoms with E-state index < -0.39 is 0 Å². The summed E-state index contributed by atoms with van der Waals surface area (Å²) in [4.78, 5) is 0. The lowest BCUT2D eigenvalue weighted by Gasteiger charge is -2.06. The van der Waals surface area contributed by atoms with Crippen molar-refractivity contribution in [3.8, 4) is 0 Å². The SMILES string of the molecule is CCC(C)c1n[nH]nc1BC(C)C. The van der Waals surface area contributed by atoms with Gasteiger partial charge in [-0.3, -0.25) is 0 Å². The van der Waals surface area contributed by atoms with Gasteiger partial charge in [-0.15, -0.1) is 0 Å². The van der Waals surface area contributed by atoms with E-state index in [9.17, 15) is 0 Å². The van der Waals surface area contributed by atoms with Gasteiger partial charge < -0.3 is 0 Å². The van der Waals surface area contributed by atoms with Crippen molar-refractivity contribution in [3.05, 3.63) is 5.69 Å². The molecule has 0 fully saturated rings. The van der Waals surface area contributed by atoms with E-state index in [0.717, 1.165) is 25.0 Å². The Balaban J connectivity index is 2.76. The van der Waals surface area contributed by atoms with Gasteiger partial charge in [0, 0.05) is 11.5 Å². The van der Waals surface area contributed by atoms with Gasteiger partial charge in [0.25, 0.3) is 0 Å². The van der Waals surface area contributed by atoms with E-state index in [-0.39, 0.29) is 0 Å². The summed E-state index contributed by atoms with van der Waals surface area (Å²) in [5.74, 6) is 1.17. The average molecular weight is 179 g/mol. The molecule has 1 aromatic heterocycles. The van der Waals surface area contributed by atoms with E-state index in [0.29, 0.717) is 11.7 Å². The molecule has 0 bridgehead atoms. The number of H-pyrrole nitrogens is 1. The minimum absolute atomic E-state index is 0.521. The van der Waals surface area contributed by atoms with Gasteiger partial charge in [0.15, 0.2) is 7.28 Å². The maximum absolute atomic E-state index is 4.20. The Kier molecular flexibility index (Phi) is 3.52. The molecule has 1 unspecified atom stereocenters. The van der Waals surface area contributed by atoms with Gasteiger partial charge in [0.2, 0.25) is 0 Å². The summed E-state index contributed by atoms with van der Waals surface area (Å²) < 4.78 is 0. The second-order valence-corrected chi connectivity index (χ2v) is 4.06. The van der Waals surface area contributed by atoms with Gasteiger partial charge in [-0.1, -0.05) is 33.5 Å². The Morgan fingerprint density at radius 1 is 1.31 bits per heavy atom. The predicted octanol–water partition coefficient (Wildman–Crippen LogP) is 1.21. The number of aromatic nitrogens is 3. The first-order valence-corrected chi connectivity index (χ1v) is 5.04. The van der Waals surface area contributed by atoms with Crippen LogP contribution in [0.2, 0.25) is 5.82 Å². The highest BCUT2D eigenvalue weighted by atomic mass is 15.3. The lowest BCUT2D eigenvalue weighted by atomic mass is 9.62. The molecule has 0 aliphatic heterocycles. The van der Waals surface area contributed by atoms with Crippen LogP contribution in [0.1, 0.15) is 45.7 Å². The molecule has 1 heterocycles. The van der Waals surface area contributed by atoms with Crippen LogP contribution in [-0.2, 0) is 0 Å². The number of hydrogen-bond donors (Lipinski definition) is 1. The maximum atomic E-state index is 4.20. The molecule has 1 N–H and O–H groups in total. The fraction of sp³-hybridized carbons (Fsp3) is 0.778. The van der Waals surface area contributed by atoms with Gasteiger partial charge in [-0.25, -0.2) is 0 Å². The minimum Gasteiger partial charge on any atom is -0.198 e. The third-order valence-corrected chi connectivity index (χ3v) is 2.33. The molecule has 4 heteroatoms. The van der Waals surface area contributed by atoms with Crippen LogP contribution in [0.25, 0.3) is 0 Å². The number of nitrogens with one attached hydrogen (secondary N) is 1. The summed E-state index contributed by atoms with van der Waals surface area (Å²) in [6.07, 6.45) is 1.12. The third-order valence-electron chi connectivity index (χ3n) is 2.33. The highest BCUT2D eigenvalue weighted by molar-refractivity contribution is 6.54. The molecular formula is C9H18BN3. The minimum atomic E-state index is 0.521. The van der Waals surface area contributed by atoms with Gasteiger partial charge in [0.05, 0.1) is 5.69 Å². The highest BCUT2D eigenvalue weighted by Crippen LogP contribution is 2.13. The summed E-state index contributed by atoms with van der Waals surface area (Å²) in [7, 11) is 1.02. The molecule has 0 aliphatic carbocycles. The number of nitrogens with zero attached hydrogens (tertiary/aromatic N) is 2. The van der Waals surface area contributed by atoms with Crippen molar-refractivity contribution in [2.24, 2.45) is 0 Å². The Hall–Kier alpha value is -0.795. The van der Waals surface area contributed by atoms with E-state index in [1.165, 1.54) is 0 Å². The lowest BCUT2D eigenvalue weighted by molar-refractivity contribution is 0.705. The first-order chi connectivity index (χ1) is 6.15. The third kappa shape index (κ3) is 2.57. The number of aromatic amines is 1. The van der Waals surface area contributed by atoms with Crippen LogP contribution in [0.3, 0.4) is 0 Å². The van der Waals surface area contributed by atoms with E-state index >= 15 is 0 Å². The second kappa shape index (κ2) is 4.44. The van der Waals surface area contributed by atoms with Crippen molar-refractivity contribution in [2.45, 2.75) is 45.9 Å². The van der Waals surface area contributed by atoms with Crippen molar-refractivity contribution in [1.82, 2.24) is 15.4 Å². The van der Waals surface area contributed by atoms with Crippen LogP contribution in [0.5, 0.6) is 0 Å². The smallest absolute Gasteiger partial charge is 0.189 e. The highest BCUT2D eigenvalue weighted by Gasteiger charge is 2.15.